The molecule has 3 rings (SSSR count). The second kappa shape index (κ2) is 7.91. The Bertz CT molecular complexity index is 866. The smallest absolute Gasteiger partial charge is 0.204 e. The van der Waals surface area contributed by atoms with E-state index in [1.165, 1.54) is 11.3 Å². The summed E-state index contributed by atoms with van der Waals surface area (Å²) in [5, 5.41) is 11.3. The molecule has 5 nitrogen and oxygen atoms in total. The highest BCUT2D eigenvalue weighted by Crippen LogP contribution is 2.33. The van der Waals surface area contributed by atoms with Gasteiger partial charge in [-0.05, 0) is 31.4 Å². The van der Waals surface area contributed by atoms with Gasteiger partial charge in [-0.15, -0.1) is 11.3 Å². The fourth-order valence-electron chi connectivity index (χ4n) is 2.98. The van der Waals surface area contributed by atoms with Gasteiger partial charge in [0.1, 0.15) is 16.6 Å². The predicted molar refractivity (Wildman–Crippen MR) is 102 cm³/mol. The van der Waals surface area contributed by atoms with Gasteiger partial charge in [0, 0.05) is 29.4 Å². The summed E-state index contributed by atoms with van der Waals surface area (Å²) in [6.07, 6.45) is 5.29. The van der Waals surface area contributed by atoms with Gasteiger partial charge in [-0.2, -0.15) is 0 Å². The lowest BCUT2D eigenvalue weighted by Gasteiger charge is -2.14. The lowest BCUT2D eigenvalue weighted by atomic mass is 9.93. The number of nitrogens with zero attached hydrogens (tertiary/aromatic N) is 2. The van der Waals surface area contributed by atoms with Gasteiger partial charge < -0.3 is 5.11 Å². The summed E-state index contributed by atoms with van der Waals surface area (Å²) in [4.78, 5) is 33.8. The summed E-state index contributed by atoms with van der Waals surface area (Å²) >= 11 is 1.27. The van der Waals surface area contributed by atoms with Crippen LogP contribution in [0.4, 0.5) is 0 Å². The van der Waals surface area contributed by atoms with E-state index in [9.17, 15) is 14.7 Å². The Morgan fingerprint density at radius 3 is 2.73 bits per heavy atom. The average Bonchev–Trinajstić information content (AvgIpc) is 3.06. The fourth-order valence-corrected chi connectivity index (χ4v) is 4.09. The minimum Gasteiger partial charge on any atom is -0.507 e. The molecule has 0 unspecified atom stereocenters. The highest BCUT2D eigenvalue weighted by Gasteiger charge is 2.29. The zero-order chi connectivity index (χ0) is 18.7. The second-order valence-corrected chi connectivity index (χ2v) is 7.48. The number of pyridine rings is 1. The van der Waals surface area contributed by atoms with Crippen LogP contribution in [0, 0.1) is 0 Å². The lowest BCUT2D eigenvalue weighted by molar-refractivity contribution is -0.118. The first-order valence-corrected chi connectivity index (χ1v) is 9.77. The molecule has 0 bridgehead atoms. The van der Waals surface area contributed by atoms with Gasteiger partial charge >= 0.3 is 0 Å². The lowest BCUT2D eigenvalue weighted by Crippen LogP contribution is -2.14. The molecule has 1 aliphatic rings. The molecule has 26 heavy (non-hydrogen) atoms. The van der Waals surface area contributed by atoms with E-state index < -0.39 is 0 Å². The SMILES string of the molecule is CCCc1ccc(C(O)=C2CCc3nc(CC(=O)CC)sc3C2=O)cn1. The van der Waals surface area contributed by atoms with Crippen LogP contribution in [0.5, 0.6) is 0 Å². The van der Waals surface area contributed by atoms with Gasteiger partial charge in [-0.1, -0.05) is 20.3 Å². The molecule has 0 atom stereocenters. The van der Waals surface area contributed by atoms with Crippen LogP contribution in [0.3, 0.4) is 0 Å². The van der Waals surface area contributed by atoms with Gasteiger partial charge in [0.05, 0.1) is 17.0 Å². The van der Waals surface area contributed by atoms with Crippen LogP contribution in [0.2, 0.25) is 0 Å². The van der Waals surface area contributed by atoms with Crippen molar-refractivity contribution in [1.29, 1.82) is 0 Å². The van der Waals surface area contributed by atoms with Crippen LogP contribution in [0.25, 0.3) is 5.76 Å². The number of carbonyl (C=O) groups excluding carboxylic acids is 2. The van der Waals surface area contributed by atoms with Crippen LogP contribution in [0.15, 0.2) is 23.9 Å². The molecule has 1 aliphatic carbocycles. The van der Waals surface area contributed by atoms with E-state index in [0.29, 0.717) is 40.3 Å². The number of Topliss-reactive ketones (excluding diaryl/α,β-unsaturated/α-hetero) is 2. The van der Waals surface area contributed by atoms with Crippen molar-refractivity contribution in [1.82, 2.24) is 9.97 Å². The van der Waals surface area contributed by atoms with E-state index >= 15 is 0 Å². The maximum Gasteiger partial charge on any atom is 0.204 e. The Balaban J connectivity index is 1.87. The van der Waals surface area contributed by atoms with E-state index in [-0.39, 0.29) is 23.7 Å². The number of rotatable bonds is 6. The molecule has 2 heterocycles. The van der Waals surface area contributed by atoms with Crippen molar-refractivity contribution in [2.75, 3.05) is 0 Å². The third-order valence-corrected chi connectivity index (χ3v) is 5.56. The van der Waals surface area contributed by atoms with E-state index in [1.54, 1.807) is 12.3 Å². The molecule has 6 heteroatoms. The second-order valence-electron chi connectivity index (χ2n) is 6.40. The summed E-state index contributed by atoms with van der Waals surface area (Å²) in [7, 11) is 0. The molecule has 0 fully saturated rings. The molecule has 0 aromatic carbocycles. The standard InChI is InChI=1S/C20H22N2O3S/c1-3-5-13-7-6-12(11-21-13)18(24)15-8-9-16-20(19(15)25)26-17(22-16)10-14(23)4-2/h6-7,11,24H,3-5,8-10H2,1-2H3. The molecule has 0 radical (unpaired) electrons. The van der Waals surface area contributed by atoms with Crippen molar-refractivity contribution in [3.63, 3.8) is 0 Å². The Morgan fingerprint density at radius 1 is 1.27 bits per heavy atom. The Hall–Kier alpha value is -2.34. The number of aryl methyl sites for hydroxylation is 2. The van der Waals surface area contributed by atoms with Gasteiger partial charge in [-0.3, -0.25) is 14.6 Å². The number of fused-ring (bicyclic) bond motifs is 1. The average molecular weight is 370 g/mol. The molecular weight excluding hydrogens is 348 g/mol. The third kappa shape index (κ3) is 3.75. The first-order chi connectivity index (χ1) is 12.5. The summed E-state index contributed by atoms with van der Waals surface area (Å²) in [5.74, 6) is -0.0785. The van der Waals surface area contributed by atoms with Crippen LogP contribution in [-0.2, 0) is 24.1 Å². The zero-order valence-corrected chi connectivity index (χ0v) is 15.9. The van der Waals surface area contributed by atoms with Gasteiger partial charge in [-0.25, -0.2) is 4.98 Å². The number of carbonyl (C=O) groups is 2. The van der Waals surface area contributed by atoms with Crippen LogP contribution < -0.4 is 0 Å². The molecule has 136 valence electrons. The molecule has 2 aromatic rings. The van der Waals surface area contributed by atoms with E-state index in [0.717, 1.165) is 24.2 Å². The van der Waals surface area contributed by atoms with Crippen LogP contribution in [0.1, 0.15) is 64.7 Å². The summed E-state index contributed by atoms with van der Waals surface area (Å²) < 4.78 is 0. The van der Waals surface area contributed by atoms with Gasteiger partial charge in [0.2, 0.25) is 5.78 Å². The minimum atomic E-state index is -0.186. The predicted octanol–water partition coefficient (Wildman–Crippen LogP) is 4.11. The highest BCUT2D eigenvalue weighted by molar-refractivity contribution is 7.14. The van der Waals surface area contributed by atoms with Crippen LogP contribution in [-0.4, -0.2) is 26.6 Å². The van der Waals surface area contributed by atoms with Crippen molar-refractivity contribution < 1.29 is 14.7 Å². The Morgan fingerprint density at radius 2 is 2.08 bits per heavy atom. The normalized spacial score (nSPS) is 15.7. The first kappa shape index (κ1) is 18.5. The van der Waals surface area contributed by atoms with E-state index in [2.05, 4.69) is 16.9 Å². The number of aliphatic hydroxyl groups is 1. The molecule has 1 N–H and O–H groups in total. The van der Waals surface area contributed by atoms with Crippen molar-refractivity contribution in [2.45, 2.75) is 52.4 Å². The number of aromatic nitrogens is 2. The monoisotopic (exact) mass is 370 g/mol. The number of ketones is 2. The van der Waals surface area contributed by atoms with Crippen molar-refractivity contribution >= 4 is 28.7 Å². The zero-order valence-electron chi connectivity index (χ0n) is 15.0. The van der Waals surface area contributed by atoms with Crippen molar-refractivity contribution in [3.05, 3.63) is 50.7 Å². The number of aliphatic hydroxyl groups excluding tert-OH is 1. The van der Waals surface area contributed by atoms with Crippen molar-refractivity contribution in [3.8, 4) is 0 Å². The number of allylic oxidation sites excluding steroid dienone is 1. The summed E-state index contributed by atoms with van der Waals surface area (Å²) in [6.45, 7) is 3.91. The maximum atomic E-state index is 12.8. The largest absolute Gasteiger partial charge is 0.507 e. The molecule has 0 saturated heterocycles. The number of thiazole rings is 1. The van der Waals surface area contributed by atoms with E-state index in [1.807, 2.05) is 13.0 Å². The topological polar surface area (TPSA) is 80.2 Å². The quantitative estimate of drug-likeness (QED) is 0.611. The maximum absolute atomic E-state index is 12.8. The Labute approximate surface area is 156 Å². The fraction of sp³-hybridized carbons (Fsp3) is 0.400. The summed E-state index contributed by atoms with van der Waals surface area (Å²) in [5.41, 5.74) is 2.67. The highest BCUT2D eigenvalue weighted by atomic mass is 32.1. The minimum absolute atomic E-state index is 0.00390. The number of hydrogen-bond acceptors (Lipinski definition) is 6. The first-order valence-electron chi connectivity index (χ1n) is 8.95. The molecule has 0 aliphatic heterocycles. The Kier molecular flexibility index (Phi) is 5.61. The molecule has 0 amide bonds. The summed E-state index contributed by atoms with van der Waals surface area (Å²) in [6, 6.07) is 3.69. The van der Waals surface area contributed by atoms with Gasteiger partial charge in [0.25, 0.3) is 0 Å². The number of hydrogen-bond donors (Lipinski definition) is 1. The van der Waals surface area contributed by atoms with E-state index in [4.69, 9.17) is 0 Å². The van der Waals surface area contributed by atoms with Gasteiger partial charge in [0.15, 0.2) is 0 Å². The molecular formula is C20H22N2O3S. The molecule has 0 saturated carbocycles. The molecule has 2 aromatic heterocycles. The molecule has 0 spiro atoms. The third-order valence-electron chi connectivity index (χ3n) is 4.47. The van der Waals surface area contributed by atoms with Crippen molar-refractivity contribution in [2.24, 2.45) is 0 Å². The van der Waals surface area contributed by atoms with Crippen LogP contribution >= 0.6 is 11.3 Å².